The first-order chi connectivity index (χ1) is 10.4. The summed E-state index contributed by atoms with van der Waals surface area (Å²) in [5, 5.41) is 0. The molecule has 0 radical (unpaired) electrons. The van der Waals surface area contributed by atoms with Gasteiger partial charge in [0.1, 0.15) is 0 Å². The molecular formula is C21H22. The zero-order valence-electron chi connectivity index (χ0n) is 12.5. The lowest BCUT2D eigenvalue weighted by molar-refractivity contribution is -0.776. The second kappa shape index (κ2) is 1.71. The summed E-state index contributed by atoms with van der Waals surface area (Å²) >= 11 is 0. The van der Waals surface area contributed by atoms with Crippen molar-refractivity contribution in [2.45, 2.75) is 32.1 Å². The van der Waals surface area contributed by atoms with Crippen molar-refractivity contribution in [3.05, 3.63) is 0 Å². The molecule has 11 aliphatic carbocycles. The van der Waals surface area contributed by atoms with Crippen LogP contribution in [0.25, 0.3) is 0 Å². The molecule has 0 aromatic heterocycles. The summed E-state index contributed by atoms with van der Waals surface area (Å²) in [5.74, 6) is 15.7. The van der Waals surface area contributed by atoms with E-state index in [1.165, 1.54) is 71.0 Å². The Balaban J connectivity index is 1.26. The Hall–Kier alpha value is 0. The molecule has 11 rings (SSSR count). The van der Waals surface area contributed by atoms with Gasteiger partial charge >= 0.3 is 0 Å². The van der Waals surface area contributed by atoms with Gasteiger partial charge in [0.05, 0.1) is 0 Å². The van der Waals surface area contributed by atoms with Crippen LogP contribution in [0.2, 0.25) is 0 Å². The lowest BCUT2D eigenvalue weighted by atomic mass is 8.80. The van der Waals surface area contributed by atoms with Crippen LogP contribution >= 0.6 is 0 Å². The Bertz CT molecular complexity index is 721. The topological polar surface area (TPSA) is 0 Å². The van der Waals surface area contributed by atoms with Gasteiger partial charge in [-0.25, -0.2) is 0 Å². The van der Waals surface area contributed by atoms with Crippen molar-refractivity contribution in [2.75, 3.05) is 0 Å². The zero-order chi connectivity index (χ0) is 12.5. The van der Waals surface area contributed by atoms with Gasteiger partial charge in [0, 0.05) is 0 Å². The molecule has 0 aromatic carbocycles. The number of hydrogen-bond acceptors (Lipinski definition) is 0. The number of fused-ring (bicyclic) bond motifs is 7. The van der Waals surface area contributed by atoms with E-state index in [4.69, 9.17) is 0 Å². The summed E-state index contributed by atoms with van der Waals surface area (Å²) in [7, 11) is 0. The summed E-state index contributed by atoms with van der Waals surface area (Å²) < 4.78 is 0. The highest BCUT2D eigenvalue weighted by Gasteiger charge is 3.20. The molecule has 21 heavy (non-hydrogen) atoms. The molecule has 16 unspecified atom stereocenters. The van der Waals surface area contributed by atoms with Crippen LogP contribution in [-0.2, 0) is 0 Å². The molecular weight excluding hydrogens is 252 g/mol. The van der Waals surface area contributed by atoms with Gasteiger partial charge in [-0.15, -0.1) is 0 Å². The smallest absolute Gasteiger partial charge is 0.00964 e. The molecule has 0 aromatic rings. The average Bonchev–Trinajstić information content (AvgIpc) is 2.37. The van der Waals surface area contributed by atoms with Gasteiger partial charge in [0.25, 0.3) is 0 Å². The van der Waals surface area contributed by atoms with E-state index in [0.29, 0.717) is 0 Å². The van der Waals surface area contributed by atoms with Crippen molar-refractivity contribution in [1.82, 2.24) is 0 Å². The first-order valence-electron chi connectivity index (χ1n) is 10.4. The summed E-state index contributed by atoms with van der Waals surface area (Å²) in [6.45, 7) is 0. The third kappa shape index (κ3) is 0.331. The fourth-order valence-electron chi connectivity index (χ4n) is 15.8. The van der Waals surface area contributed by atoms with Crippen LogP contribution < -0.4 is 0 Å². The highest BCUT2D eigenvalue weighted by Crippen LogP contribution is 3.23. The predicted octanol–water partition coefficient (Wildman–Crippen LogP) is 3.43. The SMILES string of the molecule is C1CC2C3C4C5CC6CC7C8C9C%10C%11CC1C%11C2%10C39C48C657. The Kier molecular flexibility index (Phi) is 0.711. The Morgan fingerprint density at radius 1 is 0.571 bits per heavy atom. The molecule has 0 heteroatoms. The minimum absolute atomic E-state index is 1.06. The standard InChI is InChI=1S/C21H22/c1-2-9-14-15-10-4-7-5-11-16-17-13-8-3-6(1)12(8)19(9,13)21(14,17)20(15,16)18(7,10)11/h6-17H,1-5H2. The first-order valence-corrected chi connectivity index (χ1v) is 10.4. The molecule has 4 spiro atoms. The maximum atomic E-state index is 1.72. The summed E-state index contributed by atoms with van der Waals surface area (Å²) in [5.41, 5.74) is 4.29. The molecule has 0 amide bonds. The minimum atomic E-state index is 1.06. The Morgan fingerprint density at radius 3 is 2.19 bits per heavy atom. The largest absolute Gasteiger partial charge is 0.0498 e. The van der Waals surface area contributed by atoms with Crippen molar-refractivity contribution < 1.29 is 0 Å². The molecule has 0 N–H and O–H groups in total. The van der Waals surface area contributed by atoms with Crippen LogP contribution in [0, 0.1) is 92.7 Å². The fourth-order valence-corrected chi connectivity index (χ4v) is 15.8. The fraction of sp³-hybridized carbons (Fsp3) is 1.00. The van der Waals surface area contributed by atoms with Crippen LogP contribution in [0.1, 0.15) is 32.1 Å². The lowest BCUT2D eigenvalue weighted by Gasteiger charge is -3.23. The van der Waals surface area contributed by atoms with Crippen molar-refractivity contribution >= 4 is 0 Å². The molecule has 11 fully saturated rings. The Morgan fingerprint density at radius 2 is 1.33 bits per heavy atom. The maximum Gasteiger partial charge on any atom is -0.00964 e. The van der Waals surface area contributed by atoms with Crippen molar-refractivity contribution in [3.63, 3.8) is 0 Å². The minimum Gasteiger partial charge on any atom is -0.0498 e. The van der Waals surface area contributed by atoms with Crippen LogP contribution in [0.4, 0.5) is 0 Å². The second-order valence-corrected chi connectivity index (χ2v) is 12.0. The summed E-state index contributed by atoms with van der Waals surface area (Å²) in [6, 6.07) is 0. The summed E-state index contributed by atoms with van der Waals surface area (Å²) in [4.78, 5) is 0. The van der Waals surface area contributed by atoms with E-state index in [9.17, 15) is 0 Å². The van der Waals surface area contributed by atoms with Crippen LogP contribution in [0.3, 0.4) is 0 Å². The Labute approximate surface area is 125 Å². The van der Waals surface area contributed by atoms with Gasteiger partial charge in [-0.05, 0) is 125 Å². The van der Waals surface area contributed by atoms with E-state index in [1.54, 1.807) is 32.1 Å². The molecule has 16 atom stereocenters. The lowest BCUT2D eigenvalue weighted by Crippen LogP contribution is -3.21. The van der Waals surface area contributed by atoms with Crippen LogP contribution in [-0.4, -0.2) is 0 Å². The predicted molar refractivity (Wildman–Crippen MR) is 74.7 cm³/mol. The van der Waals surface area contributed by atoms with Crippen molar-refractivity contribution in [2.24, 2.45) is 92.7 Å². The van der Waals surface area contributed by atoms with Crippen LogP contribution in [0.15, 0.2) is 0 Å². The van der Waals surface area contributed by atoms with Gasteiger partial charge in [-0.2, -0.15) is 0 Å². The molecule has 0 heterocycles. The normalized spacial score (nSPS) is 104. The summed E-state index contributed by atoms with van der Waals surface area (Å²) in [6.07, 6.45) is 8.50. The maximum absolute atomic E-state index is 1.72. The number of rotatable bonds is 0. The van der Waals surface area contributed by atoms with E-state index >= 15 is 0 Å². The van der Waals surface area contributed by atoms with Gasteiger partial charge < -0.3 is 0 Å². The van der Waals surface area contributed by atoms with E-state index < -0.39 is 0 Å². The molecule has 0 aliphatic heterocycles. The zero-order valence-corrected chi connectivity index (χ0v) is 12.5. The van der Waals surface area contributed by atoms with Crippen molar-refractivity contribution in [3.8, 4) is 0 Å². The highest BCUT2D eigenvalue weighted by molar-refractivity contribution is 5.66. The highest BCUT2D eigenvalue weighted by atomic mass is 15.2. The second-order valence-electron chi connectivity index (χ2n) is 12.0. The van der Waals surface area contributed by atoms with E-state index in [2.05, 4.69) is 0 Å². The molecule has 0 saturated heterocycles. The molecule has 106 valence electrons. The van der Waals surface area contributed by atoms with Crippen molar-refractivity contribution in [1.29, 1.82) is 0 Å². The third-order valence-corrected chi connectivity index (χ3v) is 14.2. The van der Waals surface area contributed by atoms with Crippen LogP contribution in [0.5, 0.6) is 0 Å². The third-order valence-electron chi connectivity index (χ3n) is 14.2. The average molecular weight is 274 g/mol. The van der Waals surface area contributed by atoms with E-state index in [1.807, 2.05) is 0 Å². The molecule has 0 bridgehead atoms. The van der Waals surface area contributed by atoms with Gasteiger partial charge in [0.2, 0.25) is 0 Å². The first kappa shape index (κ1) is 8.74. The molecule has 0 nitrogen and oxygen atoms in total. The monoisotopic (exact) mass is 274 g/mol. The molecule has 11 aliphatic rings. The van der Waals surface area contributed by atoms with Gasteiger partial charge in [-0.1, -0.05) is 0 Å². The van der Waals surface area contributed by atoms with E-state index in [0.717, 1.165) is 21.7 Å². The van der Waals surface area contributed by atoms with E-state index in [-0.39, 0.29) is 0 Å². The van der Waals surface area contributed by atoms with Gasteiger partial charge in [0.15, 0.2) is 0 Å². The molecule has 11 saturated carbocycles. The quantitative estimate of drug-likeness (QED) is 0.635. The van der Waals surface area contributed by atoms with Gasteiger partial charge in [-0.3, -0.25) is 0 Å². The number of hydrogen-bond donors (Lipinski definition) is 0.